The molecular weight excluding hydrogens is 258 g/mol. The summed E-state index contributed by atoms with van der Waals surface area (Å²) in [6.07, 6.45) is 1.67. The average molecular weight is 268 g/mol. The van der Waals surface area contributed by atoms with Crippen LogP contribution in [0.1, 0.15) is 16.7 Å². The van der Waals surface area contributed by atoms with Crippen molar-refractivity contribution < 1.29 is 0 Å². The fourth-order valence-corrected chi connectivity index (χ4v) is 2.73. The Morgan fingerprint density at radius 2 is 2.16 bits per heavy atom. The van der Waals surface area contributed by atoms with Crippen molar-refractivity contribution >= 4 is 34.4 Å². The highest BCUT2D eigenvalue weighted by atomic mass is 35.5. The molecule has 0 saturated carbocycles. The minimum Gasteiger partial charge on any atom is -0.281 e. The van der Waals surface area contributed by atoms with E-state index in [2.05, 4.69) is 17.6 Å². The van der Waals surface area contributed by atoms with Crippen LogP contribution in [-0.4, -0.2) is 9.38 Å². The fraction of sp³-hybridized carbons (Fsp3) is 0.0667. The number of hydrogen-bond donors (Lipinski definition) is 0. The van der Waals surface area contributed by atoms with Crippen LogP contribution in [0.4, 0.5) is 0 Å². The van der Waals surface area contributed by atoms with Crippen molar-refractivity contribution in [3.05, 3.63) is 52.7 Å². The maximum absolute atomic E-state index is 9.37. The highest BCUT2D eigenvalue weighted by Gasteiger charge is 2.17. The monoisotopic (exact) mass is 267 g/mol. The molecule has 0 N–H and O–H groups in total. The van der Waals surface area contributed by atoms with Crippen molar-refractivity contribution in [2.24, 2.45) is 0 Å². The molecule has 3 nitrogen and oxygen atoms in total. The van der Waals surface area contributed by atoms with E-state index in [4.69, 9.17) is 11.6 Å². The summed E-state index contributed by atoms with van der Waals surface area (Å²) in [5, 5.41) is 9.91. The lowest BCUT2D eigenvalue weighted by Crippen LogP contribution is -1.98. The molecule has 0 saturated heterocycles. The van der Waals surface area contributed by atoms with Crippen LogP contribution in [0.15, 0.2) is 30.8 Å². The van der Waals surface area contributed by atoms with E-state index >= 15 is 0 Å². The number of nitrogens with zero attached hydrogens (tertiary/aromatic N) is 3. The van der Waals surface area contributed by atoms with E-state index in [1.54, 1.807) is 10.5 Å². The molecule has 0 aliphatic heterocycles. The molecule has 2 aromatic heterocycles. The molecule has 0 amide bonds. The number of fused-ring (bicyclic) bond motifs is 3. The SMILES string of the molecule is C=Cc1c(C)c(C#N)c2nc3ccccc3n2c1Cl. The molecule has 19 heavy (non-hydrogen) atoms. The molecule has 4 heteroatoms. The summed E-state index contributed by atoms with van der Waals surface area (Å²) < 4.78 is 1.81. The highest BCUT2D eigenvalue weighted by molar-refractivity contribution is 6.31. The summed E-state index contributed by atoms with van der Waals surface area (Å²) in [7, 11) is 0. The number of hydrogen-bond acceptors (Lipinski definition) is 2. The van der Waals surface area contributed by atoms with Crippen LogP contribution in [0.2, 0.25) is 5.15 Å². The van der Waals surface area contributed by atoms with Gasteiger partial charge in [0.2, 0.25) is 0 Å². The molecular formula is C15H10ClN3. The lowest BCUT2D eigenvalue weighted by atomic mass is 10.1. The zero-order valence-corrected chi connectivity index (χ0v) is 11.1. The normalized spacial score (nSPS) is 10.8. The van der Waals surface area contributed by atoms with Gasteiger partial charge in [-0.05, 0) is 24.6 Å². The van der Waals surface area contributed by atoms with E-state index in [1.807, 2.05) is 31.2 Å². The summed E-state index contributed by atoms with van der Waals surface area (Å²) in [6, 6.07) is 9.89. The first-order chi connectivity index (χ1) is 9.19. The van der Waals surface area contributed by atoms with Gasteiger partial charge in [-0.3, -0.25) is 4.40 Å². The lowest BCUT2D eigenvalue weighted by Gasteiger charge is -2.09. The van der Waals surface area contributed by atoms with Crippen molar-refractivity contribution in [2.75, 3.05) is 0 Å². The largest absolute Gasteiger partial charge is 0.281 e. The lowest BCUT2D eigenvalue weighted by molar-refractivity contribution is 1.18. The van der Waals surface area contributed by atoms with Gasteiger partial charge < -0.3 is 0 Å². The zero-order chi connectivity index (χ0) is 13.6. The Morgan fingerprint density at radius 1 is 1.42 bits per heavy atom. The second-order valence-corrected chi connectivity index (χ2v) is 4.64. The van der Waals surface area contributed by atoms with Gasteiger partial charge in [0.25, 0.3) is 0 Å². The van der Waals surface area contributed by atoms with Crippen molar-refractivity contribution in [2.45, 2.75) is 6.92 Å². The Hall–Kier alpha value is -2.31. The van der Waals surface area contributed by atoms with Gasteiger partial charge in [0.1, 0.15) is 11.2 Å². The van der Waals surface area contributed by atoms with Crippen LogP contribution in [0.3, 0.4) is 0 Å². The van der Waals surface area contributed by atoms with E-state index in [0.717, 1.165) is 22.2 Å². The highest BCUT2D eigenvalue weighted by Crippen LogP contribution is 2.30. The van der Waals surface area contributed by atoms with Crippen LogP contribution in [0.5, 0.6) is 0 Å². The first-order valence-corrected chi connectivity index (χ1v) is 6.18. The number of benzene rings is 1. The quantitative estimate of drug-likeness (QED) is 0.626. The summed E-state index contributed by atoms with van der Waals surface area (Å²) in [6.45, 7) is 5.63. The smallest absolute Gasteiger partial charge is 0.157 e. The van der Waals surface area contributed by atoms with Crippen LogP contribution >= 0.6 is 11.6 Å². The van der Waals surface area contributed by atoms with Crippen LogP contribution < -0.4 is 0 Å². The molecule has 0 fully saturated rings. The number of para-hydroxylation sites is 2. The van der Waals surface area contributed by atoms with Crippen molar-refractivity contribution in [3.63, 3.8) is 0 Å². The van der Waals surface area contributed by atoms with Gasteiger partial charge in [-0.15, -0.1) is 0 Å². The van der Waals surface area contributed by atoms with E-state index in [-0.39, 0.29) is 0 Å². The number of pyridine rings is 1. The van der Waals surface area contributed by atoms with Crippen molar-refractivity contribution in [1.29, 1.82) is 5.26 Å². The Kier molecular flexibility index (Phi) is 2.55. The summed E-state index contributed by atoms with van der Waals surface area (Å²) in [4.78, 5) is 4.50. The molecule has 0 radical (unpaired) electrons. The molecule has 0 aliphatic rings. The van der Waals surface area contributed by atoms with Gasteiger partial charge in [-0.2, -0.15) is 5.26 Å². The molecule has 0 bridgehead atoms. The maximum Gasteiger partial charge on any atom is 0.157 e. The van der Waals surface area contributed by atoms with E-state index < -0.39 is 0 Å². The molecule has 0 aliphatic carbocycles. The Morgan fingerprint density at radius 3 is 2.84 bits per heavy atom. The summed E-state index contributed by atoms with van der Waals surface area (Å²) in [5.41, 5.74) is 4.43. The Labute approximate surface area is 115 Å². The van der Waals surface area contributed by atoms with Gasteiger partial charge in [0.05, 0.1) is 16.6 Å². The van der Waals surface area contributed by atoms with Gasteiger partial charge in [0.15, 0.2) is 5.65 Å². The standard InChI is InChI=1S/C15H10ClN3/c1-3-10-9(2)11(8-17)15-18-12-6-4-5-7-13(12)19(15)14(10)16/h3-7H,1H2,2H3. The third kappa shape index (κ3) is 1.47. The van der Waals surface area contributed by atoms with Crippen LogP contribution in [0, 0.1) is 18.3 Å². The number of halogens is 1. The Bertz CT molecular complexity index is 869. The molecule has 3 rings (SSSR count). The average Bonchev–Trinajstić information content (AvgIpc) is 2.79. The number of aromatic nitrogens is 2. The van der Waals surface area contributed by atoms with E-state index in [0.29, 0.717) is 16.4 Å². The maximum atomic E-state index is 9.37. The summed E-state index contributed by atoms with van der Waals surface area (Å²) in [5.74, 6) is 0. The molecule has 92 valence electrons. The summed E-state index contributed by atoms with van der Waals surface area (Å²) >= 11 is 6.44. The second-order valence-electron chi connectivity index (χ2n) is 4.28. The number of nitriles is 1. The number of rotatable bonds is 1. The van der Waals surface area contributed by atoms with Crippen LogP contribution in [-0.2, 0) is 0 Å². The molecule has 0 spiro atoms. The molecule has 3 aromatic rings. The topological polar surface area (TPSA) is 41.1 Å². The zero-order valence-electron chi connectivity index (χ0n) is 10.3. The fourth-order valence-electron chi connectivity index (χ4n) is 2.34. The first-order valence-electron chi connectivity index (χ1n) is 5.80. The van der Waals surface area contributed by atoms with Gasteiger partial charge >= 0.3 is 0 Å². The van der Waals surface area contributed by atoms with Gasteiger partial charge in [-0.1, -0.05) is 36.4 Å². The second kappa shape index (κ2) is 4.11. The van der Waals surface area contributed by atoms with Crippen molar-refractivity contribution in [1.82, 2.24) is 9.38 Å². The van der Waals surface area contributed by atoms with E-state index in [9.17, 15) is 5.26 Å². The molecule has 2 heterocycles. The minimum atomic E-state index is 0.537. The third-order valence-corrected chi connectivity index (χ3v) is 3.67. The van der Waals surface area contributed by atoms with Crippen molar-refractivity contribution in [3.8, 4) is 6.07 Å². The third-order valence-electron chi connectivity index (χ3n) is 3.30. The first kappa shape index (κ1) is 11.8. The molecule has 1 aromatic carbocycles. The van der Waals surface area contributed by atoms with Gasteiger partial charge in [0, 0.05) is 5.56 Å². The predicted octanol–water partition coefficient (Wildman–Crippen LogP) is 3.96. The van der Waals surface area contributed by atoms with Gasteiger partial charge in [-0.25, -0.2) is 4.98 Å². The number of imidazole rings is 1. The molecule has 0 atom stereocenters. The van der Waals surface area contributed by atoms with E-state index in [1.165, 1.54) is 0 Å². The molecule has 0 unspecified atom stereocenters. The van der Waals surface area contributed by atoms with Crippen LogP contribution in [0.25, 0.3) is 22.8 Å². The Balaban J connectivity index is 2.68. The minimum absolute atomic E-state index is 0.537. The predicted molar refractivity (Wildman–Crippen MR) is 77.3 cm³/mol.